The lowest BCUT2D eigenvalue weighted by atomic mass is 9.78. The van der Waals surface area contributed by atoms with E-state index in [-0.39, 0.29) is 5.95 Å². The first-order valence-corrected chi connectivity index (χ1v) is 8.32. The molecular formula is C17H22N6O. The Labute approximate surface area is 141 Å². The van der Waals surface area contributed by atoms with E-state index in [2.05, 4.69) is 19.9 Å². The zero-order valence-electron chi connectivity index (χ0n) is 13.6. The van der Waals surface area contributed by atoms with Crippen LogP contribution < -0.4 is 16.4 Å². The van der Waals surface area contributed by atoms with Gasteiger partial charge in [-0.25, -0.2) is 9.97 Å². The molecule has 7 nitrogen and oxygen atoms in total. The van der Waals surface area contributed by atoms with Crippen molar-refractivity contribution in [3.8, 4) is 11.1 Å². The van der Waals surface area contributed by atoms with Crippen LogP contribution in [0, 0.1) is 5.41 Å². The Kier molecular flexibility index (Phi) is 3.72. The molecule has 0 atom stereocenters. The molecule has 0 unspecified atom stereocenters. The van der Waals surface area contributed by atoms with Crippen molar-refractivity contribution in [3.63, 3.8) is 0 Å². The number of piperidine rings is 1. The number of nitrogens with two attached hydrogens (primary N) is 2. The highest BCUT2D eigenvalue weighted by Crippen LogP contribution is 2.40. The molecule has 2 aromatic rings. The molecule has 7 heteroatoms. The van der Waals surface area contributed by atoms with Crippen LogP contribution in [0.4, 0.5) is 17.6 Å². The Bertz CT molecular complexity index is 716. The summed E-state index contributed by atoms with van der Waals surface area (Å²) in [6.07, 6.45) is 7.01. The minimum atomic E-state index is 0.180. The molecule has 2 aliphatic rings. The Balaban J connectivity index is 1.48. The van der Waals surface area contributed by atoms with Gasteiger partial charge in [-0.2, -0.15) is 4.98 Å². The lowest BCUT2D eigenvalue weighted by Crippen LogP contribution is -2.40. The molecule has 0 bridgehead atoms. The van der Waals surface area contributed by atoms with Gasteiger partial charge in [-0.1, -0.05) is 0 Å². The fourth-order valence-corrected chi connectivity index (χ4v) is 3.62. The minimum Gasteiger partial charge on any atom is -0.383 e. The molecule has 0 radical (unpaired) electrons. The average molecular weight is 326 g/mol. The summed E-state index contributed by atoms with van der Waals surface area (Å²) in [5.41, 5.74) is 13.5. The maximum absolute atomic E-state index is 5.92. The first-order chi connectivity index (χ1) is 11.7. The number of anilines is 3. The summed E-state index contributed by atoms with van der Waals surface area (Å²) in [4.78, 5) is 15.0. The molecule has 4 rings (SSSR count). The molecule has 0 aliphatic carbocycles. The summed E-state index contributed by atoms with van der Waals surface area (Å²) in [6, 6.07) is 4.05. The first kappa shape index (κ1) is 15.1. The first-order valence-electron chi connectivity index (χ1n) is 8.32. The smallest absolute Gasteiger partial charge is 0.221 e. The maximum Gasteiger partial charge on any atom is 0.221 e. The Morgan fingerprint density at radius 1 is 1.04 bits per heavy atom. The van der Waals surface area contributed by atoms with Gasteiger partial charge < -0.3 is 21.1 Å². The van der Waals surface area contributed by atoms with Gasteiger partial charge in [0.15, 0.2) is 0 Å². The van der Waals surface area contributed by atoms with E-state index in [9.17, 15) is 0 Å². The molecule has 2 fully saturated rings. The van der Waals surface area contributed by atoms with Gasteiger partial charge in [0.05, 0.1) is 6.61 Å². The van der Waals surface area contributed by atoms with E-state index in [0.29, 0.717) is 11.2 Å². The Morgan fingerprint density at radius 2 is 1.88 bits per heavy atom. The average Bonchev–Trinajstić information content (AvgIpc) is 3.04. The van der Waals surface area contributed by atoms with Crippen molar-refractivity contribution in [2.75, 3.05) is 42.7 Å². The highest BCUT2D eigenvalue weighted by molar-refractivity contribution is 5.73. The molecule has 2 aliphatic heterocycles. The van der Waals surface area contributed by atoms with Crippen molar-refractivity contribution in [1.82, 2.24) is 15.0 Å². The summed E-state index contributed by atoms with van der Waals surface area (Å²) >= 11 is 0. The van der Waals surface area contributed by atoms with Crippen molar-refractivity contribution in [2.24, 2.45) is 5.41 Å². The topological polar surface area (TPSA) is 103 Å². The quantitative estimate of drug-likeness (QED) is 0.866. The van der Waals surface area contributed by atoms with E-state index in [1.165, 1.54) is 19.3 Å². The number of pyridine rings is 1. The second-order valence-electron chi connectivity index (χ2n) is 6.72. The van der Waals surface area contributed by atoms with Crippen LogP contribution in [0.2, 0.25) is 0 Å². The van der Waals surface area contributed by atoms with Crippen molar-refractivity contribution in [1.29, 1.82) is 0 Å². The Hall–Kier alpha value is -2.41. The SMILES string of the molecule is Nc1ncc(-c2ccc(N3CCC4(CCOC4)CC3)nc2)c(N)n1. The fourth-order valence-electron chi connectivity index (χ4n) is 3.62. The zero-order chi connectivity index (χ0) is 16.6. The van der Waals surface area contributed by atoms with Crippen LogP contribution in [0.1, 0.15) is 19.3 Å². The molecular weight excluding hydrogens is 304 g/mol. The molecule has 1 spiro atoms. The van der Waals surface area contributed by atoms with Gasteiger partial charge >= 0.3 is 0 Å². The molecule has 4 N–H and O–H groups in total. The van der Waals surface area contributed by atoms with Crippen LogP contribution in [0.25, 0.3) is 11.1 Å². The van der Waals surface area contributed by atoms with E-state index >= 15 is 0 Å². The minimum absolute atomic E-state index is 0.180. The number of rotatable bonds is 2. The highest BCUT2D eigenvalue weighted by atomic mass is 16.5. The predicted octanol–water partition coefficient (Wildman–Crippen LogP) is 1.71. The molecule has 4 heterocycles. The predicted molar refractivity (Wildman–Crippen MR) is 93.4 cm³/mol. The van der Waals surface area contributed by atoms with Crippen LogP contribution in [-0.4, -0.2) is 41.3 Å². The van der Waals surface area contributed by atoms with Gasteiger partial charge in [0, 0.05) is 43.2 Å². The summed E-state index contributed by atoms with van der Waals surface area (Å²) in [7, 11) is 0. The lowest BCUT2D eigenvalue weighted by molar-refractivity contribution is 0.133. The summed E-state index contributed by atoms with van der Waals surface area (Å²) < 4.78 is 5.60. The summed E-state index contributed by atoms with van der Waals surface area (Å²) in [5, 5.41) is 0. The van der Waals surface area contributed by atoms with Gasteiger partial charge in [-0.05, 0) is 36.8 Å². The van der Waals surface area contributed by atoms with Crippen LogP contribution in [-0.2, 0) is 4.74 Å². The van der Waals surface area contributed by atoms with E-state index in [4.69, 9.17) is 16.2 Å². The fraction of sp³-hybridized carbons (Fsp3) is 0.471. The van der Waals surface area contributed by atoms with Crippen molar-refractivity contribution in [3.05, 3.63) is 24.5 Å². The Morgan fingerprint density at radius 3 is 2.50 bits per heavy atom. The molecule has 126 valence electrons. The van der Waals surface area contributed by atoms with Crippen LogP contribution in [0.3, 0.4) is 0 Å². The number of nitrogen functional groups attached to an aromatic ring is 2. The number of nitrogens with zero attached hydrogens (tertiary/aromatic N) is 4. The highest BCUT2D eigenvalue weighted by Gasteiger charge is 2.38. The van der Waals surface area contributed by atoms with Gasteiger partial charge in [-0.3, -0.25) is 0 Å². The third kappa shape index (κ3) is 2.75. The third-order valence-electron chi connectivity index (χ3n) is 5.23. The number of hydrogen-bond acceptors (Lipinski definition) is 7. The third-order valence-corrected chi connectivity index (χ3v) is 5.23. The zero-order valence-corrected chi connectivity index (χ0v) is 13.6. The molecule has 2 saturated heterocycles. The van der Waals surface area contributed by atoms with Crippen LogP contribution in [0.15, 0.2) is 24.5 Å². The maximum atomic E-state index is 5.92. The van der Waals surface area contributed by atoms with E-state index in [1.54, 1.807) is 6.20 Å². The number of ether oxygens (including phenoxy) is 1. The van der Waals surface area contributed by atoms with Crippen LogP contribution >= 0.6 is 0 Å². The molecule has 0 amide bonds. The molecule has 24 heavy (non-hydrogen) atoms. The van der Waals surface area contributed by atoms with Gasteiger partial charge in [-0.15, -0.1) is 0 Å². The normalized spacial score (nSPS) is 19.8. The standard InChI is InChI=1S/C17H22N6O/c18-15-13(10-21-16(19)22-15)12-1-2-14(20-9-12)23-6-3-17(4-7-23)5-8-24-11-17/h1-2,9-10H,3-8,11H2,(H4,18,19,21,22). The largest absolute Gasteiger partial charge is 0.383 e. The van der Waals surface area contributed by atoms with Crippen molar-refractivity contribution < 1.29 is 4.74 Å². The van der Waals surface area contributed by atoms with Crippen LogP contribution in [0.5, 0.6) is 0 Å². The number of aromatic nitrogens is 3. The monoisotopic (exact) mass is 326 g/mol. The van der Waals surface area contributed by atoms with Crippen molar-refractivity contribution in [2.45, 2.75) is 19.3 Å². The molecule has 0 saturated carbocycles. The summed E-state index contributed by atoms with van der Waals surface area (Å²) in [6.45, 7) is 3.90. The lowest BCUT2D eigenvalue weighted by Gasteiger charge is -2.38. The van der Waals surface area contributed by atoms with E-state index < -0.39 is 0 Å². The second-order valence-corrected chi connectivity index (χ2v) is 6.72. The van der Waals surface area contributed by atoms with E-state index in [1.807, 2.05) is 18.3 Å². The van der Waals surface area contributed by atoms with Crippen molar-refractivity contribution >= 4 is 17.6 Å². The number of hydrogen-bond donors (Lipinski definition) is 2. The second kappa shape index (κ2) is 5.90. The molecule has 2 aromatic heterocycles. The van der Waals surface area contributed by atoms with Gasteiger partial charge in [0.25, 0.3) is 0 Å². The van der Waals surface area contributed by atoms with Gasteiger partial charge in [0.1, 0.15) is 11.6 Å². The van der Waals surface area contributed by atoms with E-state index in [0.717, 1.165) is 43.2 Å². The van der Waals surface area contributed by atoms with Gasteiger partial charge in [0.2, 0.25) is 5.95 Å². The molecule has 0 aromatic carbocycles. The summed E-state index contributed by atoms with van der Waals surface area (Å²) in [5.74, 6) is 1.56.